The van der Waals surface area contributed by atoms with E-state index in [9.17, 15) is 0 Å². The Balaban J connectivity index is 2.37. The minimum Gasteiger partial charge on any atom is -0.312 e. The van der Waals surface area contributed by atoms with Crippen LogP contribution in [0.5, 0.6) is 0 Å². The van der Waals surface area contributed by atoms with Gasteiger partial charge in [0.1, 0.15) is 0 Å². The van der Waals surface area contributed by atoms with Crippen molar-refractivity contribution in [2.75, 3.05) is 0 Å². The summed E-state index contributed by atoms with van der Waals surface area (Å²) < 4.78 is 3.76. The largest absolute Gasteiger partial charge is 0.312 e. The van der Waals surface area contributed by atoms with Gasteiger partial charge in [0.05, 0.1) is 11.4 Å². The molecule has 1 aromatic heterocycles. The topological polar surface area (TPSA) is 17.8 Å². The van der Waals surface area contributed by atoms with Crippen molar-refractivity contribution < 1.29 is 0 Å². The number of nitrogens with zero attached hydrogens (tertiary/aromatic N) is 2. The van der Waals surface area contributed by atoms with Gasteiger partial charge in [0.15, 0.2) is 0 Å². The molecule has 0 unspecified atom stereocenters. The molecular formula is C11H7Br2ClN2. The van der Waals surface area contributed by atoms with Gasteiger partial charge >= 0.3 is 0 Å². The van der Waals surface area contributed by atoms with Crippen LogP contribution in [-0.2, 0) is 0 Å². The summed E-state index contributed by atoms with van der Waals surface area (Å²) in [7, 11) is 0. The zero-order chi connectivity index (χ0) is 11.5. The first-order valence-electron chi connectivity index (χ1n) is 4.47. The summed E-state index contributed by atoms with van der Waals surface area (Å²) in [5.74, 6) is 0. The Morgan fingerprint density at radius 1 is 1.38 bits per heavy atom. The normalized spacial score (nSPS) is 11.8. The monoisotopic (exact) mass is 360 g/mol. The molecule has 16 heavy (non-hydrogen) atoms. The second-order valence-corrected chi connectivity index (χ2v) is 5.29. The molecule has 0 atom stereocenters. The molecule has 0 aliphatic heterocycles. The van der Waals surface area contributed by atoms with Crippen molar-refractivity contribution in [1.82, 2.24) is 9.55 Å². The summed E-state index contributed by atoms with van der Waals surface area (Å²) in [6, 6.07) is 5.85. The zero-order valence-corrected chi connectivity index (χ0v) is 12.0. The third-order valence-corrected chi connectivity index (χ3v) is 3.43. The number of rotatable bonds is 2. The predicted molar refractivity (Wildman–Crippen MR) is 74.1 cm³/mol. The summed E-state index contributed by atoms with van der Waals surface area (Å²) in [4.78, 5) is 3.95. The summed E-state index contributed by atoms with van der Waals surface area (Å²) in [6.45, 7) is 0. The second-order valence-electron chi connectivity index (χ2n) is 3.11. The van der Waals surface area contributed by atoms with Gasteiger partial charge in [-0.1, -0.05) is 49.5 Å². The highest BCUT2D eigenvalue weighted by Crippen LogP contribution is 2.30. The highest BCUT2D eigenvalue weighted by molar-refractivity contribution is 9.11. The van der Waals surface area contributed by atoms with E-state index in [0.29, 0.717) is 5.03 Å². The van der Waals surface area contributed by atoms with Crippen molar-refractivity contribution >= 4 is 54.7 Å². The minimum absolute atomic E-state index is 0.650. The maximum absolute atomic E-state index is 6.22. The highest BCUT2D eigenvalue weighted by Gasteiger charge is 2.04. The van der Waals surface area contributed by atoms with E-state index in [1.165, 1.54) is 0 Å². The lowest BCUT2D eigenvalue weighted by molar-refractivity contribution is 1.14. The fourth-order valence-electron chi connectivity index (χ4n) is 1.23. The first-order valence-corrected chi connectivity index (χ1v) is 6.43. The fraction of sp³-hybridized carbons (Fsp3) is 0. The number of aromatic nitrogens is 2. The van der Waals surface area contributed by atoms with Gasteiger partial charge in [0.2, 0.25) is 0 Å². The third kappa shape index (κ3) is 2.75. The minimum atomic E-state index is 0.650. The first-order chi connectivity index (χ1) is 7.66. The Hall–Kier alpha value is -0.580. The Morgan fingerprint density at radius 2 is 2.19 bits per heavy atom. The second kappa shape index (κ2) is 5.17. The Labute approximate surface area is 115 Å². The lowest BCUT2D eigenvalue weighted by Gasteiger charge is -2.03. The van der Waals surface area contributed by atoms with Crippen molar-refractivity contribution in [3.63, 3.8) is 0 Å². The Kier molecular flexibility index (Phi) is 3.84. The molecule has 0 N–H and O–H groups in total. The molecule has 1 heterocycles. The molecule has 2 aromatic rings. The van der Waals surface area contributed by atoms with E-state index >= 15 is 0 Å². The maximum atomic E-state index is 6.22. The molecule has 0 aliphatic carbocycles. The summed E-state index contributed by atoms with van der Waals surface area (Å²) in [5.41, 5.74) is 0.943. The van der Waals surface area contributed by atoms with Crippen LogP contribution >= 0.6 is 43.5 Å². The van der Waals surface area contributed by atoms with E-state index in [1.54, 1.807) is 17.1 Å². The van der Waals surface area contributed by atoms with E-state index in [1.807, 2.05) is 30.6 Å². The molecule has 0 spiro atoms. The lowest BCUT2D eigenvalue weighted by atomic mass is 10.2. The molecule has 2 rings (SSSR count). The highest BCUT2D eigenvalue weighted by atomic mass is 79.9. The van der Waals surface area contributed by atoms with Crippen molar-refractivity contribution in [2.24, 2.45) is 0 Å². The number of imidazole rings is 1. The molecule has 0 amide bonds. The summed E-state index contributed by atoms with van der Waals surface area (Å²) in [5, 5.41) is 0.650. The molecule has 0 radical (unpaired) electrons. The van der Waals surface area contributed by atoms with Crippen LogP contribution in [0, 0.1) is 0 Å². The molecule has 0 saturated carbocycles. The van der Waals surface area contributed by atoms with Crippen LogP contribution in [0.2, 0.25) is 0 Å². The average Bonchev–Trinajstić information content (AvgIpc) is 2.70. The molecule has 5 heteroatoms. The molecule has 0 bridgehead atoms. The quantitative estimate of drug-likeness (QED) is 0.763. The molecule has 2 nitrogen and oxygen atoms in total. The predicted octanol–water partition coefficient (Wildman–Crippen LogP) is 4.60. The first kappa shape index (κ1) is 11.9. The van der Waals surface area contributed by atoms with Gasteiger partial charge in [0.25, 0.3) is 0 Å². The number of hydrogen-bond donors (Lipinski definition) is 0. The standard InChI is InChI=1S/C11H7Br2ClN2/c12-8-1-2-9(10(13)5-8)11(14)6-16-4-3-15-7-16/h1-7H/b11-6+. The number of halogens is 3. The van der Waals surface area contributed by atoms with E-state index in [-0.39, 0.29) is 0 Å². The van der Waals surface area contributed by atoms with E-state index in [0.717, 1.165) is 14.5 Å². The smallest absolute Gasteiger partial charge is 0.0987 e. The Bertz CT molecular complexity index is 521. The SMILES string of the molecule is Cl/C(=C/n1ccnc1)c1ccc(Br)cc1Br. The van der Waals surface area contributed by atoms with Gasteiger partial charge in [-0.25, -0.2) is 4.98 Å². The van der Waals surface area contributed by atoms with E-state index < -0.39 is 0 Å². The third-order valence-electron chi connectivity index (χ3n) is 1.98. The van der Waals surface area contributed by atoms with E-state index in [2.05, 4.69) is 36.8 Å². The van der Waals surface area contributed by atoms with Gasteiger partial charge in [0, 0.05) is 33.1 Å². The number of hydrogen-bond acceptors (Lipinski definition) is 1. The zero-order valence-electron chi connectivity index (χ0n) is 8.07. The van der Waals surface area contributed by atoms with Crippen LogP contribution < -0.4 is 0 Å². The van der Waals surface area contributed by atoms with Gasteiger partial charge in [-0.15, -0.1) is 0 Å². The number of benzene rings is 1. The molecule has 1 aromatic carbocycles. The van der Waals surface area contributed by atoms with Crippen molar-refractivity contribution in [3.8, 4) is 0 Å². The van der Waals surface area contributed by atoms with Gasteiger partial charge < -0.3 is 4.57 Å². The fourth-order valence-corrected chi connectivity index (χ4v) is 2.88. The Morgan fingerprint density at radius 3 is 2.81 bits per heavy atom. The summed E-state index contributed by atoms with van der Waals surface area (Å²) in [6.07, 6.45) is 7.03. The van der Waals surface area contributed by atoms with Crippen molar-refractivity contribution in [2.45, 2.75) is 0 Å². The van der Waals surface area contributed by atoms with Gasteiger partial charge in [-0.05, 0) is 12.1 Å². The molecule has 0 saturated heterocycles. The molecule has 0 aliphatic rings. The van der Waals surface area contributed by atoms with Crippen LogP contribution in [-0.4, -0.2) is 9.55 Å². The molecule has 0 fully saturated rings. The molecule has 82 valence electrons. The van der Waals surface area contributed by atoms with Crippen molar-refractivity contribution in [1.29, 1.82) is 0 Å². The van der Waals surface area contributed by atoms with Crippen LogP contribution in [0.25, 0.3) is 11.2 Å². The van der Waals surface area contributed by atoms with Crippen LogP contribution in [0.3, 0.4) is 0 Å². The average molecular weight is 362 g/mol. The van der Waals surface area contributed by atoms with Crippen LogP contribution in [0.15, 0.2) is 45.9 Å². The lowest BCUT2D eigenvalue weighted by Crippen LogP contribution is -1.84. The van der Waals surface area contributed by atoms with Gasteiger partial charge in [-0.2, -0.15) is 0 Å². The van der Waals surface area contributed by atoms with E-state index in [4.69, 9.17) is 11.6 Å². The van der Waals surface area contributed by atoms with Gasteiger partial charge in [-0.3, -0.25) is 0 Å². The van der Waals surface area contributed by atoms with Crippen LogP contribution in [0.1, 0.15) is 5.56 Å². The van der Waals surface area contributed by atoms with Crippen molar-refractivity contribution in [3.05, 3.63) is 51.4 Å². The summed E-state index contributed by atoms with van der Waals surface area (Å²) >= 11 is 13.1. The van der Waals surface area contributed by atoms with Crippen LogP contribution in [0.4, 0.5) is 0 Å². The molecular weight excluding hydrogens is 355 g/mol. The maximum Gasteiger partial charge on any atom is 0.0987 e.